The summed E-state index contributed by atoms with van der Waals surface area (Å²) in [6, 6.07) is 28.5. The number of carboxylic acid groups (broad SMARTS) is 1. The number of nitrogens with one attached hydrogen (secondary N) is 2. The number of benzene rings is 4. The van der Waals surface area contributed by atoms with Gasteiger partial charge in [-0.2, -0.15) is 23.5 Å². The van der Waals surface area contributed by atoms with E-state index in [-0.39, 0.29) is 14.3 Å². The average Bonchev–Trinajstić information content (AvgIpc) is 3.02. The van der Waals surface area contributed by atoms with Gasteiger partial charge in [0.15, 0.2) is 11.6 Å². The van der Waals surface area contributed by atoms with Gasteiger partial charge in [0.2, 0.25) is 11.1 Å². The van der Waals surface area contributed by atoms with Crippen molar-refractivity contribution in [3.63, 3.8) is 0 Å². The number of hydroxylamine groups is 2. The van der Waals surface area contributed by atoms with Gasteiger partial charge in [0.25, 0.3) is 20.0 Å². The van der Waals surface area contributed by atoms with Crippen molar-refractivity contribution in [3.05, 3.63) is 131 Å². The molecule has 20 nitrogen and oxygen atoms in total. The molecule has 0 aromatic heterocycles. The lowest BCUT2D eigenvalue weighted by Crippen LogP contribution is -2.68. The Morgan fingerprint density at radius 1 is 0.571 bits per heavy atom. The lowest BCUT2D eigenvalue weighted by atomic mass is 9.86. The zero-order valence-electron chi connectivity index (χ0n) is 48.5. The monoisotopic (exact) mass is 1270 g/mol. The van der Waals surface area contributed by atoms with Gasteiger partial charge in [-0.25, -0.2) is 36.0 Å². The van der Waals surface area contributed by atoms with Crippen LogP contribution in [0.25, 0.3) is 0 Å². The number of amides is 2. The molecule has 4 fully saturated rings. The Morgan fingerprint density at radius 3 is 1.25 bits per heavy atom. The molecule has 0 spiro atoms. The lowest BCUT2D eigenvalue weighted by molar-refractivity contribution is -0.188. The Balaban J connectivity index is 0.000000242. The molecule has 3 N–H and O–H groups in total. The van der Waals surface area contributed by atoms with Gasteiger partial charge in [-0.3, -0.25) is 20.2 Å². The summed E-state index contributed by atoms with van der Waals surface area (Å²) < 4.78 is 64.1. The highest BCUT2D eigenvalue weighted by molar-refractivity contribution is 8.01. The first-order valence-electron chi connectivity index (χ1n) is 27.2. The van der Waals surface area contributed by atoms with Crippen LogP contribution >= 0.6 is 47.0 Å². The second-order valence-electron chi connectivity index (χ2n) is 23.0. The van der Waals surface area contributed by atoms with Gasteiger partial charge in [-0.15, -0.1) is 23.5 Å². The molecule has 4 heterocycles. The predicted molar refractivity (Wildman–Crippen MR) is 327 cm³/mol. The first kappa shape index (κ1) is 66.4. The standard InChI is InChI=1S/C31H41N3O7S3.C27H33N3O7S3/c1-22-12-14-24(15-13-22)44(38,39)34(41-28(37)33-16-18-42-19-17-33)31(27(36)40-29(2,3)4,20-23-10-8-7-9-11-23)25(35)26-32-30(5,6)21-43-26;1-19-9-11-21(12-10-19)40(35,36)30(37-25(34)29-13-15-38-16-14-29)27(24(32)33,17-20-7-5-4-6-8-20)22(31)23-28-26(2,3)18-39-23/h7-15,26,32H,16-21H2,1-6H3;4-12,23,28H,13-18H2,1-3H3,(H,32,33)/t26-,31+;23-,27+/m00/s1. The molecular weight excluding hydrogens is 1200 g/mol. The molecule has 0 saturated carbocycles. The van der Waals surface area contributed by atoms with Crippen LogP contribution in [0.15, 0.2) is 119 Å². The Kier molecular flexibility index (Phi) is 21.5. The van der Waals surface area contributed by atoms with Crippen molar-refractivity contribution in [1.29, 1.82) is 0 Å². The molecule has 0 unspecified atom stereocenters. The third-order valence-corrected chi connectivity index (χ3v) is 22.2. The van der Waals surface area contributed by atoms with Crippen molar-refractivity contribution < 1.29 is 65.1 Å². The number of carboxylic acids is 1. The number of carbonyl (C=O) groups excluding carboxylic acids is 5. The number of aryl methyl sites for hydroxylation is 2. The number of nitrogens with zero attached hydrogens (tertiary/aromatic N) is 4. The molecular formula is C58H74N6O14S6. The molecule has 84 heavy (non-hydrogen) atoms. The Hall–Kier alpha value is -5.16. The molecule has 4 saturated heterocycles. The van der Waals surface area contributed by atoms with Crippen LogP contribution in [0.5, 0.6) is 0 Å². The quantitative estimate of drug-likeness (QED) is 0.0493. The summed E-state index contributed by atoms with van der Waals surface area (Å²) in [5, 5.41) is 15.1. The number of ketones is 2. The number of carbonyl (C=O) groups is 6. The van der Waals surface area contributed by atoms with Gasteiger partial charge in [-0.1, -0.05) is 96.1 Å². The van der Waals surface area contributed by atoms with Crippen molar-refractivity contribution in [1.82, 2.24) is 29.4 Å². The number of thioether (sulfide) groups is 4. The van der Waals surface area contributed by atoms with Crippen LogP contribution in [0.2, 0.25) is 0 Å². The van der Waals surface area contributed by atoms with Gasteiger partial charge >= 0.3 is 24.1 Å². The summed E-state index contributed by atoms with van der Waals surface area (Å²) in [6.45, 7) is 17.2. The van der Waals surface area contributed by atoms with Crippen molar-refractivity contribution >= 4 is 103 Å². The molecule has 456 valence electrons. The van der Waals surface area contributed by atoms with E-state index in [1.54, 1.807) is 143 Å². The van der Waals surface area contributed by atoms with Gasteiger partial charge in [0.05, 0.1) is 9.79 Å². The number of esters is 1. The maximum absolute atomic E-state index is 14.9. The van der Waals surface area contributed by atoms with E-state index in [0.717, 1.165) is 11.1 Å². The van der Waals surface area contributed by atoms with Gasteiger partial charge in [0, 0.05) is 93.6 Å². The molecule has 2 amide bonds. The summed E-state index contributed by atoms with van der Waals surface area (Å²) in [7, 11) is -9.69. The first-order valence-corrected chi connectivity index (χ1v) is 34.5. The van der Waals surface area contributed by atoms with Crippen molar-refractivity contribution in [2.45, 2.75) is 123 Å². The molecule has 4 aromatic rings. The third-order valence-electron chi connectivity index (χ3n) is 13.8. The minimum Gasteiger partial charge on any atom is -0.479 e. The minimum atomic E-state index is -4.86. The molecule has 4 aliphatic heterocycles. The zero-order valence-corrected chi connectivity index (χ0v) is 53.4. The van der Waals surface area contributed by atoms with E-state index in [1.165, 1.54) is 57.6 Å². The van der Waals surface area contributed by atoms with Gasteiger partial charge in [-0.05, 0) is 97.7 Å². The second kappa shape index (κ2) is 27.3. The summed E-state index contributed by atoms with van der Waals surface area (Å²) >= 11 is 5.74. The minimum absolute atomic E-state index is 0.153. The van der Waals surface area contributed by atoms with Crippen LogP contribution in [-0.2, 0) is 66.5 Å². The molecule has 8 rings (SSSR count). The van der Waals surface area contributed by atoms with E-state index < -0.39 is 107 Å². The normalized spacial score (nSPS) is 20.4. The Labute approximate surface area is 509 Å². The number of hydrogen-bond donors (Lipinski definition) is 3. The highest BCUT2D eigenvalue weighted by Gasteiger charge is 2.64. The fraction of sp³-hybridized carbons (Fsp3) is 0.483. The van der Waals surface area contributed by atoms with E-state index in [4.69, 9.17) is 14.4 Å². The van der Waals surface area contributed by atoms with Crippen molar-refractivity contribution in [3.8, 4) is 0 Å². The molecule has 4 aromatic carbocycles. The van der Waals surface area contributed by atoms with E-state index >= 15 is 0 Å². The average molecular weight is 1270 g/mol. The molecule has 4 atom stereocenters. The number of rotatable bonds is 18. The Bertz CT molecular complexity index is 3230. The number of ether oxygens (including phenoxy) is 1. The smallest absolute Gasteiger partial charge is 0.429 e. The largest absolute Gasteiger partial charge is 0.479 e. The van der Waals surface area contributed by atoms with E-state index in [1.807, 2.05) is 27.7 Å². The molecule has 0 radical (unpaired) electrons. The summed E-state index contributed by atoms with van der Waals surface area (Å²) in [5.41, 5.74) is -5.11. The summed E-state index contributed by atoms with van der Waals surface area (Å²) in [5.74, 6) is -1.09. The highest BCUT2D eigenvalue weighted by atomic mass is 32.2. The predicted octanol–water partition coefficient (Wildman–Crippen LogP) is 7.58. The highest BCUT2D eigenvalue weighted by Crippen LogP contribution is 2.40. The van der Waals surface area contributed by atoms with Crippen LogP contribution < -0.4 is 10.6 Å². The van der Waals surface area contributed by atoms with Crippen molar-refractivity contribution in [2.75, 3.05) is 60.7 Å². The fourth-order valence-corrected chi connectivity index (χ4v) is 16.9. The molecule has 4 aliphatic rings. The molecule has 0 bridgehead atoms. The fourth-order valence-electron chi connectivity index (χ4n) is 9.34. The third kappa shape index (κ3) is 15.7. The second-order valence-corrected chi connectivity index (χ2v) is 31.2. The number of aliphatic carboxylic acids is 1. The molecule has 26 heteroatoms. The SMILES string of the molecule is Cc1ccc(S(=O)(=O)N(OC(=O)N2CCSCC2)[C@@](Cc2ccccc2)(C(=O)O)C(=O)[C@H]2NC(C)(C)CS2)cc1.Cc1ccc(S(=O)(=O)N(OC(=O)N2CCSCC2)[C@@](Cc2ccccc2)(C(=O)OC(C)(C)C)C(=O)[C@H]2NC(C)(C)CS2)cc1. The summed E-state index contributed by atoms with van der Waals surface area (Å²) in [6.07, 6.45) is -3.00. The zero-order chi connectivity index (χ0) is 61.5. The maximum atomic E-state index is 14.9. The van der Waals surface area contributed by atoms with E-state index in [0.29, 0.717) is 76.3 Å². The van der Waals surface area contributed by atoms with Crippen LogP contribution in [0.4, 0.5) is 9.59 Å². The first-order chi connectivity index (χ1) is 39.4. The number of hydrogen-bond acceptors (Lipinski definition) is 19. The maximum Gasteiger partial charge on any atom is 0.429 e. The van der Waals surface area contributed by atoms with E-state index in [2.05, 4.69) is 10.6 Å². The van der Waals surface area contributed by atoms with Crippen LogP contribution in [0.3, 0.4) is 0 Å². The summed E-state index contributed by atoms with van der Waals surface area (Å²) in [4.78, 5) is 97.8. The van der Waals surface area contributed by atoms with Crippen LogP contribution in [0, 0.1) is 13.8 Å². The lowest BCUT2D eigenvalue weighted by Gasteiger charge is -2.41. The Morgan fingerprint density at radius 2 is 0.917 bits per heavy atom. The molecule has 0 aliphatic carbocycles. The van der Waals surface area contributed by atoms with Gasteiger partial charge in [0.1, 0.15) is 16.3 Å². The van der Waals surface area contributed by atoms with E-state index in [9.17, 15) is 50.7 Å². The van der Waals surface area contributed by atoms with Crippen LogP contribution in [-0.4, -0.2) is 176 Å². The van der Waals surface area contributed by atoms with Crippen molar-refractivity contribution in [2.24, 2.45) is 0 Å². The van der Waals surface area contributed by atoms with Crippen LogP contribution in [0.1, 0.15) is 70.7 Å². The topological polar surface area (TPSA) is 256 Å². The number of Topliss-reactive ketones (excluding diaryl/α,β-unsaturated/α-hetero) is 2. The number of sulfonamides is 2. The van der Waals surface area contributed by atoms with Gasteiger partial charge < -0.3 is 29.3 Å².